The van der Waals surface area contributed by atoms with Crippen molar-refractivity contribution in [3.05, 3.63) is 30.5 Å². The van der Waals surface area contributed by atoms with Crippen LogP contribution >= 0.6 is 12.2 Å². The number of aliphatic imine (C=N–C) groups is 1. The molecule has 0 atom stereocenters. The van der Waals surface area contributed by atoms with Crippen LogP contribution < -0.4 is 0 Å². The number of hydrogen-bond acceptors (Lipinski definition) is 4. The normalized spacial score (nSPS) is 11.1. The minimum absolute atomic E-state index is 0.411. The van der Waals surface area contributed by atoms with Crippen molar-refractivity contribution in [1.82, 2.24) is 4.57 Å². The molecule has 2 aromatic rings. The van der Waals surface area contributed by atoms with E-state index in [-0.39, 0.29) is 0 Å². The minimum atomic E-state index is -0.530. The molecule has 0 spiro atoms. The first-order chi connectivity index (χ1) is 8.90. The number of aromatic nitrogens is 1. The van der Waals surface area contributed by atoms with Crippen molar-refractivity contribution >= 4 is 40.1 Å². The van der Waals surface area contributed by atoms with Crippen LogP contribution in [0.2, 0.25) is 0 Å². The van der Waals surface area contributed by atoms with Gasteiger partial charge in [0.05, 0.1) is 16.4 Å². The predicted molar refractivity (Wildman–Crippen MR) is 78.3 cm³/mol. The fourth-order valence-corrected chi connectivity index (χ4v) is 1.81. The van der Waals surface area contributed by atoms with Crippen LogP contribution in [0.4, 0.5) is 10.5 Å². The van der Waals surface area contributed by atoms with Gasteiger partial charge < -0.3 is 4.74 Å². The topological polar surface area (TPSA) is 43.6 Å². The Hall–Kier alpha value is -1.97. The largest absolute Gasteiger partial charge is 0.443 e. The second-order valence-corrected chi connectivity index (χ2v) is 5.29. The number of nitrogens with zero attached hydrogens (tertiary/aromatic N) is 2. The Labute approximate surface area is 116 Å². The maximum absolute atomic E-state index is 12.1. The minimum Gasteiger partial charge on any atom is -0.443 e. The van der Waals surface area contributed by atoms with Gasteiger partial charge in [-0.15, -0.1) is 0 Å². The van der Waals surface area contributed by atoms with Crippen molar-refractivity contribution in [2.75, 3.05) is 0 Å². The molecule has 5 heteroatoms. The molecule has 2 rings (SSSR count). The first-order valence-electron chi connectivity index (χ1n) is 5.83. The average molecular weight is 274 g/mol. The van der Waals surface area contributed by atoms with Gasteiger partial charge in [0.2, 0.25) is 0 Å². The van der Waals surface area contributed by atoms with E-state index in [0.717, 1.165) is 10.9 Å². The second-order valence-electron chi connectivity index (χ2n) is 5.11. The summed E-state index contributed by atoms with van der Waals surface area (Å²) in [6.07, 6.45) is 1.27. The monoisotopic (exact) mass is 274 g/mol. The number of carbonyl (C=O) groups excluding carboxylic acids is 1. The molecule has 19 heavy (non-hydrogen) atoms. The summed E-state index contributed by atoms with van der Waals surface area (Å²) in [7, 11) is 0. The van der Waals surface area contributed by atoms with Crippen molar-refractivity contribution in [2.45, 2.75) is 26.4 Å². The SMILES string of the molecule is CC(C)(C)OC(=O)n1ccc2ccc(N=C=S)cc21. The summed E-state index contributed by atoms with van der Waals surface area (Å²) < 4.78 is 6.81. The van der Waals surface area contributed by atoms with Crippen molar-refractivity contribution in [3.63, 3.8) is 0 Å². The van der Waals surface area contributed by atoms with E-state index in [1.54, 1.807) is 12.3 Å². The molecule has 0 aliphatic heterocycles. The number of hydrogen-bond donors (Lipinski definition) is 0. The van der Waals surface area contributed by atoms with E-state index in [2.05, 4.69) is 22.4 Å². The standard InChI is InChI=1S/C14H14N2O2S/c1-14(2,3)18-13(17)16-7-6-10-4-5-11(15-9-19)8-12(10)16/h4-8H,1-3H3. The van der Waals surface area contributed by atoms with Crippen molar-refractivity contribution in [2.24, 2.45) is 4.99 Å². The van der Waals surface area contributed by atoms with Gasteiger partial charge in [0, 0.05) is 11.6 Å². The van der Waals surface area contributed by atoms with E-state index in [1.807, 2.05) is 39.0 Å². The summed E-state index contributed by atoms with van der Waals surface area (Å²) in [5.41, 5.74) is 0.865. The Bertz CT molecular complexity index is 676. The summed E-state index contributed by atoms with van der Waals surface area (Å²) >= 11 is 4.58. The molecule has 1 heterocycles. The van der Waals surface area contributed by atoms with Gasteiger partial charge in [-0.05, 0) is 51.2 Å². The molecule has 0 unspecified atom stereocenters. The molecule has 0 amide bonds. The van der Waals surface area contributed by atoms with Gasteiger partial charge in [0.1, 0.15) is 5.60 Å². The van der Waals surface area contributed by atoms with Gasteiger partial charge in [-0.2, -0.15) is 4.99 Å². The molecule has 0 N–H and O–H groups in total. The summed E-state index contributed by atoms with van der Waals surface area (Å²) in [4.78, 5) is 16.0. The lowest BCUT2D eigenvalue weighted by molar-refractivity contribution is 0.0544. The van der Waals surface area contributed by atoms with E-state index in [1.165, 1.54) is 4.57 Å². The first kappa shape index (κ1) is 13.5. The molecule has 0 aliphatic carbocycles. The van der Waals surface area contributed by atoms with Gasteiger partial charge in [0.25, 0.3) is 0 Å². The zero-order chi connectivity index (χ0) is 14.0. The highest BCUT2D eigenvalue weighted by molar-refractivity contribution is 7.78. The van der Waals surface area contributed by atoms with Crippen LogP contribution in [0.3, 0.4) is 0 Å². The van der Waals surface area contributed by atoms with Crippen molar-refractivity contribution < 1.29 is 9.53 Å². The highest BCUT2D eigenvalue weighted by Crippen LogP contribution is 2.23. The lowest BCUT2D eigenvalue weighted by Crippen LogP contribution is -2.26. The van der Waals surface area contributed by atoms with Crippen LogP contribution in [-0.4, -0.2) is 21.4 Å². The van der Waals surface area contributed by atoms with Crippen LogP contribution in [0.25, 0.3) is 10.9 Å². The molecular weight excluding hydrogens is 260 g/mol. The number of benzene rings is 1. The molecule has 0 bridgehead atoms. The molecule has 4 nitrogen and oxygen atoms in total. The van der Waals surface area contributed by atoms with Crippen molar-refractivity contribution in [1.29, 1.82) is 0 Å². The van der Waals surface area contributed by atoms with Gasteiger partial charge in [-0.25, -0.2) is 4.79 Å². The quantitative estimate of drug-likeness (QED) is 0.579. The number of rotatable bonds is 1. The zero-order valence-electron chi connectivity index (χ0n) is 11.0. The number of carbonyl (C=O) groups is 1. The Morgan fingerprint density at radius 3 is 2.74 bits per heavy atom. The molecule has 0 saturated carbocycles. The fourth-order valence-electron chi connectivity index (χ4n) is 1.71. The van der Waals surface area contributed by atoms with Crippen LogP contribution in [0, 0.1) is 0 Å². The number of isothiocyanates is 1. The maximum Gasteiger partial charge on any atom is 0.418 e. The summed E-state index contributed by atoms with van der Waals surface area (Å²) in [6.45, 7) is 5.50. The van der Waals surface area contributed by atoms with Crippen LogP contribution in [0.5, 0.6) is 0 Å². The predicted octanol–water partition coefficient (Wildman–Crippen LogP) is 4.16. The third kappa shape index (κ3) is 3.08. The van der Waals surface area contributed by atoms with Gasteiger partial charge in [-0.3, -0.25) is 4.57 Å². The Balaban J connectivity index is 2.46. The first-order valence-corrected chi connectivity index (χ1v) is 6.24. The molecule has 1 aromatic heterocycles. The fraction of sp³-hybridized carbons (Fsp3) is 0.286. The summed E-state index contributed by atoms with van der Waals surface area (Å²) in [5.74, 6) is 0. The molecule has 1 aromatic carbocycles. The highest BCUT2D eigenvalue weighted by atomic mass is 32.1. The van der Waals surface area contributed by atoms with Crippen molar-refractivity contribution in [3.8, 4) is 0 Å². The van der Waals surface area contributed by atoms with E-state index in [9.17, 15) is 4.79 Å². The Morgan fingerprint density at radius 2 is 2.11 bits per heavy atom. The lowest BCUT2D eigenvalue weighted by atomic mass is 10.2. The average Bonchev–Trinajstić information content (AvgIpc) is 2.70. The summed E-state index contributed by atoms with van der Waals surface area (Å²) in [6, 6.07) is 7.32. The van der Waals surface area contributed by atoms with Gasteiger partial charge in [0.15, 0.2) is 0 Å². The lowest BCUT2D eigenvalue weighted by Gasteiger charge is -2.19. The molecule has 0 saturated heterocycles. The highest BCUT2D eigenvalue weighted by Gasteiger charge is 2.18. The van der Waals surface area contributed by atoms with E-state index >= 15 is 0 Å². The molecule has 0 fully saturated rings. The molecule has 98 valence electrons. The smallest absolute Gasteiger partial charge is 0.418 e. The Morgan fingerprint density at radius 1 is 1.37 bits per heavy atom. The summed E-state index contributed by atoms with van der Waals surface area (Å²) in [5, 5.41) is 3.25. The molecule has 0 aliphatic rings. The second kappa shape index (κ2) is 4.96. The van der Waals surface area contributed by atoms with Crippen LogP contribution in [0.1, 0.15) is 20.8 Å². The van der Waals surface area contributed by atoms with Crippen LogP contribution in [-0.2, 0) is 4.74 Å². The van der Waals surface area contributed by atoms with Gasteiger partial charge in [-0.1, -0.05) is 6.07 Å². The number of fused-ring (bicyclic) bond motifs is 1. The third-order valence-corrected chi connectivity index (χ3v) is 2.53. The Kier molecular flexibility index (Phi) is 3.51. The van der Waals surface area contributed by atoms with E-state index in [4.69, 9.17) is 4.74 Å². The molecule has 0 radical (unpaired) electrons. The van der Waals surface area contributed by atoms with E-state index < -0.39 is 11.7 Å². The number of ether oxygens (including phenoxy) is 1. The maximum atomic E-state index is 12.1. The third-order valence-electron chi connectivity index (χ3n) is 2.44. The van der Waals surface area contributed by atoms with E-state index in [0.29, 0.717) is 5.69 Å². The van der Waals surface area contributed by atoms with Gasteiger partial charge >= 0.3 is 6.09 Å². The molecular formula is C14H14N2O2S. The van der Waals surface area contributed by atoms with Crippen LogP contribution in [0.15, 0.2) is 35.5 Å². The number of thiocarbonyl (C=S) groups is 1. The zero-order valence-corrected chi connectivity index (χ0v) is 11.8.